The van der Waals surface area contributed by atoms with E-state index in [9.17, 15) is 23.2 Å². The normalized spacial score (nSPS) is 21.5. The largest absolute Gasteiger partial charge is 0.381 e. The van der Waals surface area contributed by atoms with Crippen LogP contribution < -0.4 is 10.4 Å². The van der Waals surface area contributed by atoms with Crippen LogP contribution in [0.4, 0.5) is 5.69 Å². The molecule has 11 nitrogen and oxygen atoms in total. The van der Waals surface area contributed by atoms with Crippen molar-refractivity contribution in [1.29, 1.82) is 0 Å². The molecule has 0 unspecified atom stereocenters. The first-order chi connectivity index (χ1) is 18.2. The van der Waals surface area contributed by atoms with E-state index in [2.05, 4.69) is 28.8 Å². The number of hydroxylamine groups is 1. The number of sulfone groups is 1. The fourth-order valence-corrected chi connectivity index (χ4v) is 7.60. The number of nitrogens with zero attached hydrogens (tertiary/aromatic N) is 4. The van der Waals surface area contributed by atoms with Gasteiger partial charge >= 0.3 is 0 Å². The van der Waals surface area contributed by atoms with Gasteiger partial charge in [-0.1, -0.05) is 0 Å². The highest BCUT2D eigenvalue weighted by Gasteiger charge is 2.52. The standard InChI is InChI=1S/C26H41N5O6S/c1-28(2)13-14-29-15-17-31(18-16-29)24(32)21-7-11-30(12-8-21)22-3-5-23(6-4-22)38(35,36)26(25(33)27-34)9-19-37-20-10-26/h3-6,21,34H,7-20H2,1-2H3,(H,27,33). The second kappa shape index (κ2) is 12.3. The van der Waals surface area contributed by atoms with E-state index in [-0.39, 0.29) is 42.8 Å². The zero-order valence-corrected chi connectivity index (χ0v) is 23.3. The number of rotatable bonds is 8. The van der Waals surface area contributed by atoms with Crippen molar-refractivity contribution in [3.05, 3.63) is 24.3 Å². The van der Waals surface area contributed by atoms with Crippen LogP contribution in [0.5, 0.6) is 0 Å². The number of carbonyl (C=O) groups is 2. The van der Waals surface area contributed by atoms with Gasteiger partial charge in [-0.25, -0.2) is 13.9 Å². The summed E-state index contributed by atoms with van der Waals surface area (Å²) in [6.45, 7) is 7.15. The molecular formula is C26H41N5O6S. The van der Waals surface area contributed by atoms with E-state index in [0.717, 1.165) is 70.9 Å². The molecule has 2 amide bonds. The highest BCUT2D eigenvalue weighted by Crippen LogP contribution is 2.36. The summed E-state index contributed by atoms with van der Waals surface area (Å²) in [5.74, 6) is -0.654. The number of hydrogen-bond acceptors (Lipinski definition) is 9. The molecule has 0 atom stereocenters. The predicted molar refractivity (Wildman–Crippen MR) is 143 cm³/mol. The molecule has 3 fully saturated rings. The maximum Gasteiger partial charge on any atom is 0.265 e. The van der Waals surface area contributed by atoms with E-state index in [1.807, 2.05) is 4.90 Å². The first-order valence-corrected chi connectivity index (χ1v) is 14.9. The number of nitrogens with one attached hydrogen (secondary N) is 1. The van der Waals surface area contributed by atoms with Gasteiger partial charge in [0.2, 0.25) is 5.91 Å². The molecule has 2 N–H and O–H groups in total. The molecule has 38 heavy (non-hydrogen) atoms. The lowest BCUT2D eigenvalue weighted by Crippen LogP contribution is -2.54. The average Bonchev–Trinajstić information content (AvgIpc) is 2.96. The minimum atomic E-state index is -4.05. The van der Waals surface area contributed by atoms with Crippen molar-refractivity contribution < 1.29 is 28.0 Å². The van der Waals surface area contributed by atoms with Gasteiger partial charge in [0.15, 0.2) is 14.6 Å². The van der Waals surface area contributed by atoms with Gasteiger partial charge in [-0.05, 0) is 64.0 Å². The monoisotopic (exact) mass is 551 g/mol. The van der Waals surface area contributed by atoms with Crippen LogP contribution in [0.2, 0.25) is 0 Å². The van der Waals surface area contributed by atoms with Crippen molar-refractivity contribution in [2.24, 2.45) is 5.92 Å². The Morgan fingerprint density at radius 2 is 1.63 bits per heavy atom. The first kappa shape index (κ1) is 28.8. The van der Waals surface area contributed by atoms with Gasteiger partial charge in [-0.3, -0.25) is 19.7 Å². The van der Waals surface area contributed by atoms with Crippen LogP contribution in [0.25, 0.3) is 0 Å². The maximum absolute atomic E-state index is 13.5. The third-order valence-electron chi connectivity index (χ3n) is 8.23. The molecule has 0 aromatic heterocycles. The number of ether oxygens (including phenoxy) is 1. The Balaban J connectivity index is 1.33. The van der Waals surface area contributed by atoms with Crippen LogP contribution >= 0.6 is 0 Å². The number of piperazine rings is 1. The SMILES string of the molecule is CN(C)CCN1CCN(C(=O)C2CCN(c3ccc(S(=O)(=O)C4(C(=O)NO)CCOCC4)cc3)CC2)CC1. The molecule has 3 saturated heterocycles. The molecule has 0 radical (unpaired) electrons. The van der Waals surface area contributed by atoms with Gasteiger partial charge in [0.1, 0.15) is 0 Å². The van der Waals surface area contributed by atoms with E-state index >= 15 is 0 Å². The van der Waals surface area contributed by atoms with Crippen LogP contribution in [0.15, 0.2) is 29.2 Å². The molecule has 12 heteroatoms. The van der Waals surface area contributed by atoms with Gasteiger partial charge in [0.05, 0.1) is 4.90 Å². The van der Waals surface area contributed by atoms with Crippen molar-refractivity contribution in [2.45, 2.75) is 35.3 Å². The minimum absolute atomic E-state index is 0.0177. The quantitative estimate of drug-likeness (QED) is 0.350. The summed E-state index contributed by atoms with van der Waals surface area (Å²) < 4.78 is 30.4. The molecule has 212 valence electrons. The third kappa shape index (κ3) is 5.99. The Kier molecular flexibility index (Phi) is 9.30. The number of likely N-dealkylation sites (N-methyl/N-ethyl adjacent to an activating group) is 1. The summed E-state index contributed by atoms with van der Waals surface area (Å²) in [6.07, 6.45) is 1.49. The first-order valence-electron chi connectivity index (χ1n) is 13.5. The number of benzene rings is 1. The van der Waals surface area contributed by atoms with E-state index < -0.39 is 20.5 Å². The summed E-state index contributed by atoms with van der Waals surface area (Å²) in [5.41, 5.74) is 2.43. The zero-order chi connectivity index (χ0) is 27.3. The summed E-state index contributed by atoms with van der Waals surface area (Å²) in [7, 11) is 0.0931. The Morgan fingerprint density at radius 1 is 1.03 bits per heavy atom. The Morgan fingerprint density at radius 3 is 2.18 bits per heavy atom. The summed E-state index contributed by atoms with van der Waals surface area (Å²) in [5, 5.41) is 9.23. The molecule has 3 aliphatic rings. The van der Waals surface area contributed by atoms with Gasteiger partial charge in [0.25, 0.3) is 5.91 Å². The number of anilines is 1. The number of piperidine rings is 1. The topological polar surface area (TPSA) is 123 Å². The molecule has 0 aliphatic carbocycles. The highest BCUT2D eigenvalue weighted by molar-refractivity contribution is 7.93. The van der Waals surface area contributed by atoms with Crippen molar-refractivity contribution in [1.82, 2.24) is 20.2 Å². The molecule has 0 saturated carbocycles. The van der Waals surface area contributed by atoms with Crippen LogP contribution in [0, 0.1) is 5.92 Å². The van der Waals surface area contributed by atoms with Crippen LogP contribution in [0.3, 0.4) is 0 Å². The summed E-state index contributed by atoms with van der Waals surface area (Å²) in [6, 6.07) is 6.57. The Labute approximate surface area is 225 Å². The van der Waals surface area contributed by atoms with Crippen LogP contribution in [-0.4, -0.2) is 125 Å². The Hall–Kier alpha value is -2.25. The predicted octanol–water partition coefficient (Wildman–Crippen LogP) is 0.437. The van der Waals surface area contributed by atoms with Crippen LogP contribution in [0.1, 0.15) is 25.7 Å². The van der Waals surface area contributed by atoms with Crippen molar-refractivity contribution in [2.75, 3.05) is 84.6 Å². The smallest absolute Gasteiger partial charge is 0.265 e. The van der Waals surface area contributed by atoms with Gasteiger partial charge in [-0.2, -0.15) is 0 Å². The zero-order valence-electron chi connectivity index (χ0n) is 22.5. The molecule has 0 bridgehead atoms. The second-order valence-corrected chi connectivity index (χ2v) is 13.0. The van der Waals surface area contributed by atoms with E-state index in [1.54, 1.807) is 17.6 Å². The van der Waals surface area contributed by atoms with E-state index in [0.29, 0.717) is 0 Å². The maximum atomic E-state index is 13.5. The molecule has 3 heterocycles. The van der Waals surface area contributed by atoms with Gasteiger partial charge < -0.3 is 19.4 Å². The van der Waals surface area contributed by atoms with E-state index in [1.165, 1.54) is 12.1 Å². The summed E-state index contributed by atoms with van der Waals surface area (Å²) >= 11 is 0. The highest BCUT2D eigenvalue weighted by atomic mass is 32.2. The summed E-state index contributed by atoms with van der Waals surface area (Å²) in [4.78, 5) is 34.4. The molecular weight excluding hydrogens is 510 g/mol. The number of hydrogen-bond donors (Lipinski definition) is 2. The lowest BCUT2D eigenvalue weighted by atomic mass is 9.94. The van der Waals surface area contributed by atoms with Gasteiger partial charge in [-0.15, -0.1) is 0 Å². The number of amides is 2. The molecule has 1 aromatic carbocycles. The van der Waals surface area contributed by atoms with Crippen LogP contribution in [-0.2, 0) is 24.2 Å². The van der Waals surface area contributed by atoms with Crippen molar-refractivity contribution in [3.63, 3.8) is 0 Å². The minimum Gasteiger partial charge on any atom is -0.381 e. The fourth-order valence-electron chi connectivity index (χ4n) is 5.66. The number of carbonyl (C=O) groups excluding carboxylic acids is 2. The molecule has 0 spiro atoms. The molecule has 1 aromatic rings. The molecule has 4 rings (SSSR count). The average molecular weight is 552 g/mol. The fraction of sp³-hybridized carbons (Fsp3) is 0.692. The van der Waals surface area contributed by atoms with Crippen molar-refractivity contribution >= 4 is 27.3 Å². The second-order valence-electron chi connectivity index (χ2n) is 10.8. The van der Waals surface area contributed by atoms with Crippen molar-refractivity contribution in [3.8, 4) is 0 Å². The molecule has 3 aliphatic heterocycles. The van der Waals surface area contributed by atoms with E-state index in [4.69, 9.17) is 4.74 Å². The lowest BCUT2D eigenvalue weighted by Gasteiger charge is -2.39. The third-order valence-corrected chi connectivity index (χ3v) is 10.7. The lowest BCUT2D eigenvalue weighted by molar-refractivity contribution is -0.138. The van der Waals surface area contributed by atoms with Gasteiger partial charge in [0, 0.05) is 77.2 Å². The Bertz CT molecular complexity index is 1060.